The molecule has 1 saturated heterocycles. The van der Waals surface area contributed by atoms with Gasteiger partial charge in [0.1, 0.15) is 24.0 Å². The molecule has 30 heavy (non-hydrogen) atoms. The highest BCUT2D eigenvalue weighted by atomic mass is 35.5. The number of benzene rings is 2. The maximum atomic E-state index is 13.9. The molecule has 2 aromatic carbocycles. The van der Waals surface area contributed by atoms with Gasteiger partial charge in [0, 0.05) is 37.1 Å². The van der Waals surface area contributed by atoms with Crippen LogP contribution in [0.4, 0.5) is 8.78 Å². The zero-order valence-corrected chi connectivity index (χ0v) is 17.4. The summed E-state index contributed by atoms with van der Waals surface area (Å²) in [4.78, 5) is 28.3. The van der Waals surface area contributed by atoms with E-state index in [0.717, 1.165) is 12.1 Å². The summed E-state index contributed by atoms with van der Waals surface area (Å²) in [5, 5.41) is 0.627. The highest BCUT2D eigenvalue weighted by Crippen LogP contribution is 2.22. The third-order valence-electron chi connectivity index (χ3n) is 5.18. The first-order valence-corrected chi connectivity index (χ1v) is 10.1. The summed E-state index contributed by atoms with van der Waals surface area (Å²) in [5.74, 6) is -1.61. The number of hydrogen-bond donors (Lipinski definition) is 0. The van der Waals surface area contributed by atoms with Gasteiger partial charge in [0.2, 0.25) is 5.91 Å². The van der Waals surface area contributed by atoms with Gasteiger partial charge >= 0.3 is 0 Å². The molecule has 1 fully saturated rings. The number of ether oxygens (including phenoxy) is 1. The van der Waals surface area contributed by atoms with Crippen LogP contribution in [0.3, 0.4) is 0 Å². The first-order valence-electron chi connectivity index (χ1n) is 9.73. The van der Waals surface area contributed by atoms with Crippen molar-refractivity contribution < 1.29 is 23.1 Å². The van der Waals surface area contributed by atoms with E-state index in [1.807, 2.05) is 0 Å². The predicted molar refractivity (Wildman–Crippen MR) is 110 cm³/mol. The van der Waals surface area contributed by atoms with E-state index < -0.39 is 17.5 Å². The molecule has 160 valence electrons. The summed E-state index contributed by atoms with van der Waals surface area (Å²) in [6, 6.07) is 9.91. The van der Waals surface area contributed by atoms with E-state index in [0.29, 0.717) is 55.9 Å². The third-order valence-corrected chi connectivity index (χ3v) is 5.43. The standard InChI is InChI=1S/C22H23ClF2N2O3/c1-26(12-13-30-18-5-2-16(23)3-6-18)21(28)15-8-10-27(11-9-15)22(29)19-7-4-17(24)14-20(19)25/h2-7,14-15H,8-13H2,1H3. The molecule has 0 aliphatic carbocycles. The van der Waals surface area contributed by atoms with Gasteiger partial charge in [-0.3, -0.25) is 9.59 Å². The Hall–Kier alpha value is -2.67. The van der Waals surface area contributed by atoms with Crippen LogP contribution in [0.2, 0.25) is 5.02 Å². The molecule has 2 amide bonds. The molecular weight excluding hydrogens is 414 g/mol. The van der Waals surface area contributed by atoms with Crippen molar-refractivity contribution in [2.45, 2.75) is 12.8 Å². The number of carbonyl (C=O) groups is 2. The van der Waals surface area contributed by atoms with Gasteiger partial charge < -0.3 is 14.5 Å². The number of carbonyl (C=O) groups excluding carboxylic acids is 2. The summed E-state index contributed by atoms with van der Waals surface area (Å²) in [6.07, 6.45) is 0.992. The van der Waals surface area contributed by atoms with Crippen LogP contribution in [0.1, 0.15) is 23.2 Å². The minimum atomic E-state index is -0.876. The van der Waals surface area contributed by atoms with E-state index in [2.05, 4.69) is 0 Å². The molecule has 0 N–H and O–H groups in total. The van der Waals surface area contributed by atoms with Crippen LogP contribution in [-0.2, 0) is 4.79 Å². The molecule has 0 bridgehead atoms. The molecule has 0 saturated carbocycles. The number of likely N-dealkylation sites (tertiary alicyclic amines) is 1. The van der Waals surface area contributed by atoms with E-state index >= 15 is 0 Å². The van der Waals surface area contributed by atoms with E-state index in [9.17, 15) is 18.4 Å². The molecule has 1 aliphatic rings. The fraction of sp³-hybridized carbons (Fsp3) is 0.364. The molecule has 8 heteroatoms. The Labute approximate surface area is 179 Å². The first-order chi connectivity index (χ1) is 14.3. The van der Waals surface area contributed by atoms with Crippen molar-refractivity contribution in [1.82, 2.24) is 9.80 Å². The number of piperidine rings is 1. The fourth-order valence-corrected chi connectivity index (χ4v) is 3.54. The summed E-state index contributed by atoms with van der Waals surface area (Å²) in [6.45, 7) is 1.48. The molecule has 0 aromatic heterocycles. The summed E-state index contributed by atoms with van der Waals surface area (Å²) < 4.78 is 32.5. The van der Waals surface area contributed by atoms with Crippen LogP contribution in [0, 0.1) is 17.6 Å². The molecular formula is C22H23ClF2N2O3. The van der Waals surface area contributed by atoms with E-state index in [1.165, 1.54) is 4.90 Å². The largest absolute Gasteiger partial charge is 0.492 e. The summed E-state index contributed by atoms with van der Waals surface area (Å²) >= 11 is 5.84. The van der Waals surface area contributed by atoms with Crippen molar-refractivity contribution in [3.63, 3.8) is 0 Å². The predicted octanol–water partition coefficient (Wildman–Crippen LogP) is 4.01. The van der Waals surface area contributed by atoms with Crippen molar-refractivity contribution in [1.29, 1.82) is 0 Å². The van der Waals surface area contributed by atoms with Crippen LogP contribution in [-0.4, -0.2) is 54.9 Å². The minimum absolute atomic E-state index is 0.00484. The number of amides is 2. The second-order valence-electron chi connectivity index (χ2n) is 7.25. The van der Waals surface area contributed by atoms with Gasteiger partial charge in [-0.1, -0.05) is 11.6 Å². The van der Waals surface area contributed by atoms with Crippen molar-refractivity contribution in [2.24, 2.45) is 5.92 Å². The van der Waals surface area contributed by atoms with Gasteiger partial charge in [-0.2, -0.15) is 0 Å². The number of nitrogens with zero attached hydrogens (tertiary/aromatic N) is 2. The molecule has 0 radical (unpaired) electrons. The van der Waals surface area contributed by atoms with Crippen LogP contribution >= 0.6 is 11.6 Å². The molecule has 0 unspecified atom stereocenters. The Morgan fingerprint density at radius 3 is 2.43 bits per heavy atom. The second kappa shape index (κ2) is 9.89. The quantitative estimate of drug-likeness (QED) is 0.687. The average molecular weight is 437 g/mol. The number of rotatable bonds is 6. The second-order valence-corrected chi connectivity index (χ2v) is 7.69. The highest BCUT2D eigenvalue weighted by molar-refractivity contribution is 6.30. The maximum Gasteiger partial charge on any atom is 0.256 e. The SMILES string of the molecule is CN(CCOc1ccc(Cl)cc1)C(=O)C1CCN(C(=O)c2ccc(F)cc2F)CC1. The Balaban J connectivity index is 1.46. The third kappa shape index (κ3) is 5.48. The highest BCUT2D eigenvalue weighted by Gasteiger charge is 2.30. The van der Waals surface area contributed by atoms with Crippen molar-refractivity contribution in [3.05, 3.63) is 64.7 Å². The lowest BCUT2D eigenvalue weighted by molar-refractivity contribution is -0.135. The molecule has 1 aliphatic heterocycles. The van der Waals surface area contributed by atoms with Crippen LogP contribution in [0.25, 0.3) is 0 Å². The van der Waals surface area contributed by atoms with Gasteiger partial charge in [-0.25, -0.2) is 8.78 Å². The summed E-state index contributed by atoms with van der Waals surface area (Å²) in [7, 11) is 1.72. The molecule has 0 atom stereocenters. The molecule has 1 heterocycles. The number of halogens is 3. The Morgan fingerprint density at radius 1 is 1.13 bits per heavy atom. The normalized spacial score (nSPS) is 14.5. The molecule has 3 rings (SSSR count). The van der Waals surface area contributed by atoms with Gasteiger partial charge in [0.15, 0.2) is 0 Å². The Morgan fingerprint density at radius 2 is 1.80 bits per heavy atom. The van der Waals surface area contributed by atoms with E-state index in [-0.39, 0.29) is 17.4 Å². The lowest BCUT2D eigenvalue weighted by Gasteiger charge is -2.33. The topological polar surface area (TPSA) is 49.9 Å². The van der Waals surface area contributed by atoms with Gasteiger partial charge in [-0.15, -0.1) is 0 Å². The lowest BCUT2D eigenvalue weighted by atomic mass is 9.95. The number of hydrogen-bond acceptors (Lipinski definition) is 3. The first kappa shape index (κ1) is 22.0. The minimum Gasteiger partial charge on any atom is -0.492 e. The van der Waals surface area contributed by atoms with Gasteiger partial charge in [-0.05, 0) is 49.2 Å². The fourth-order valence-electron chi connectivity index (χ4n) is 3.42. The maximum absolute atomic E-state index is 13.9. The van der Waals surface area contributed by atoms with Crippen LogP contribution < -0.4 is 4.74 Å². The van der Waals surface area contributed by atoms with Gasteiger partial charge in [0.25, 0.3) is 5.91 Å². The van der Waals surface area contributed by atoms with Crippen molar-refractivity contribution in [3.8, 4) is 5.75 Å². The van der Waals surface area contributed by atoms with Crippen molar-refractivity contribution in [2.75, 3.05) is 33.3 Å². The van der Waals surface area contributed by atoms with E-state index in [1.54, 1.807) is 36.2 Å². The molecule has 2 aromatic rings. The van der Waals surface area contributed by atoms with Gasteiger partial charge in [0.05, 0.1) is 12.1 Å². The zero-order valence-electron chi connectivity index (χ0n) is 16.6. The molecule has 5 nitrogen and oxygen atoms in total. The number of likely N-dealkylation sites (N-methyl/N-ethyl adjacent to an activating group) is 1. The molecule has 0 spiro atoms. The van der Waals surface area contributed by atoms with Crippen LogP contribution in [0.5, 0.6) is 5.75 Å². The Kier molecular flexibility index (Phi) is 7.26. The Bertz CT molecular complexity index is 900. The smallest absolute Gasteiger partial charge is 0.256 e. The van der Waals surface area contributed by atoms with E-state index in [4.69, 9.17) is 16.3 Å². The zero-order chi connectivity index (χ0) is 21.7. The lowest BCUT2D eigenvalue weighted by Crippen LogP contribution is -2.44. The monoisotopic (exact) mass is 436 g/mol. The average Bonchev–Trinajstić information content (AvgIpc) is 2.74. The van der Waals surface area contributed by atoms with Crippen molar-refractivity contribution >= 4 is 23.4 Å². The summed E-state index contributed by atoms with van der Waals surface area (Å²) in [5.41, 5.74) is -0.155. The van der Waals surface area contributed by atoms with Crippen LogP contribution in [0.15, 0.2) is 42.5 Å².